The van der Waals surface area contributed by atoms with Gasteiger partial charge in [0.05, 0.1) is 12.5 Å². The Bertz CT molecular complexity index is 683. The SMILES string of the molecule is C=CCOc1ccccc1CN=C(NCC)NCCCN1CCCC(C(N)=O)C1.I. The molecule has 0 aliphatic carbocycles. The maximum absolute atomic E-state index is 11.4. The Hall–Kier alpha value is -1.81. The number of amides is 1. The molecule has 1 aromatic rings. The average Bonchev–Trinajstić information content (AvgIpc) is 2.74. The van der Waals surface area contributed by atoms with E-state index in [1.165, 1.54) is 0 Å². The first-order chi connectivity index (χ1) is 14.1. The van der Waals surface area contributed by atoms with Crippen LogP contribution < -0.4 is 21.1 Å². The van der Waals surface area contributed by atoms with Crippen molar-refractivity contribution in [3.05, 3.63) is 42.5 Å². The molecule has 1 unspecified atom stereocenters. The molecule has 8 heteroatoms. The highest BCUT2D eigenvalue weighted by Crippen LogP contribution is 2.19. The van der Waals surface area contributed by atoms with Gasteiger partial charge in [0, 0.05) is 25.2 Å². The number of aliphatic imine (C=N–C) groups is 1. The van der Waals surface area contributed by atoms with Gasteiger partial charge < -0.3 is 26.0 Å². The minimum absolute atomic E-state index is 0. The summed E-state index contributed by atoms with van der Waals surface area (Å²) in [7, 11) is 0. The predicted molar refractivity (Wildman–Crippen MR) is 133 cm³/mol. The van der Waals surface area contributed by atoms with Gasteiger partial charge in [0.25, 0.3) is 0 Å². The molecule has 1 aliphatic heterocycles. The number of nitrogens with two attached hydrogens (primary N) is 1. The molecule has 0 spiro atoms. The molecule has 1 atom stereocenters. The Morgan fingerprint density at radius 3 is 2.93 bits per heavy atom. The molecule has 1 aromatic carbocycles. The van der Waals surface area contributed by atoms with E-state index >= 15 is 0 Å². The molecule has 0 bridgehead atoms. The highest BCUT2D eigenvalue weighted by molar-refractivity contribution is 14.0. The number of hydrogen-bond acceptors (Lipinski definition) is 4. The Kier molecular flexibility index (Phi) is 13.2. The van der Waals surface area contributed by atoms with E-state index in [1.54, 1.807) is 6.08 Å². The minimum Gasteiger partial charge on any atom is -0.489 e. The van der Waals surface area contributed by atoms with Crippen molar-refractivity contribution in [1.82, 2.24) is 15.5 Å². The zero-order valence-electron chi connectivity index (χ0n) is 17.9. The van der Waals surface area contributed by atoms with Crippen molar-refractivity contribution < 1.29 is 9.53 Å². The maximum Gasteiger partial charge on any atom is 0.221 e. The first-order valence-electron chi connectivity index (χ1n) is 10.5. The van der Waals surface area contributed by atoms with Crippen molar-refractivity contribution in [3.63, 3.8) is 0 Å². The van der Waals surface area contributed by atoms with Crippen LogP contribution >= 0.6 is 24.0 Å². The van der Waals surface area contributed by atoms with E-state index in [0.717, 1.165) is 69.3 Å². The topological polar surface area (TPSA) is 92.0 Å². The van der Waals surface area contributed by atoms with E-state index < -0.39 is 0 Å². The molecule has 30 heavy (non-hydrogen) atoms. The summed E-state index contributed by atoms with van der Waals surface area (Å²) in [6, 6.07) is 7.92. The van der Waals surface area contributed by atoms with Crippen LogP contribution in [0.15, 0.2) is 41.9 Å². The van der Waals surface area contributed by atoms with Crippen LogP contribution in [0.5, 0.6) is 5.75 Å². The number of ether oxygens (including phenoxy) is 1. The summed E-state index contributed by atoms with van der Waals surface area (Å²) in [5.74, 6) is 1.45. The molecule has 1 amide bonds. The quantitative estimate of drug-likeness (QED) is 0.135. The van der Waals surface area contributed by atoms with Gasteiger partial charge in [0.1, 0.15) is 12.4 Å². The fraction of sp³-hybridized carbons (Fsp3) is 0.545. The van der Waals surface area contributed by atoms with Crippen molar-refractivity contribution in [2.45, 2.75) is 32.7 Å². The first-order valence-corrected chi connectivity index (χ1v) is 10.5. The van der Waals surface area contributed by atoms with E-state index in [-0.39, 0.29) is 35.8 Å². The molecule has 0 saturated carbocycles. The molecule has 7 nitrogen and oxygen atoms in total. The second-order valence-electron chi connectivity index (χ2n) is 7.23. The van der Waals surface area contributed by atoms with Crippen LogP contribution in [0.1, 0.15) is 31.7 Å². The molecule has 0 aromatic heterocycles. The number of primary amides is 1. The molecule has 4 N–H and O–H groups in total. The second-order valence-corrected chi connectivity index (χ2v) is 7.23. The number of halogens is 1. The third-order valence-electron chi connectivity index (χ3n) is 4.93. The van der Waals surface area contributed by atoms with Crippen molar-refractivity contribution >= 4 is 35.8 Å². The van der Waals surface area contributed by atoms with Gasteiger partial charge in [-0.3, -0.25) is 4.79 Å². The number of rotatable bonds is 11. The smallest absolute Gasteiger partial charge is 0.221 e. The Morgan fingerprint density at radius 1 is 1.40 bits per heavy atom. The fourth-order valence-electron chi connectivity index (χ4n) is 3.43. The summed E-state index contributed by atoms with van der Waals surface area (Å²) in [6.45, 7) is 11.2. The van der Waals surface area contributed by atoms with E-state index in [9.17, 15) is 4.79 Å². The Morgan fingerprint density at radius 2 is 2.20 bits per heavy atom. The predicted octanol–water partition coefficient (Wildman–Crippen LogP) is 2.51. The lowest BCUT2D eigenvalue weighted by molar-refractivity contribution is -0.123. The van der Waals surface area contributed by atoms with Gasteiger partial charge in [0.15, 0.2) is 5.96 Å². The monoisotopic (exact) mass is 529 g/mol. The van der Waals surface area contributed by atoms with Crippen molar-refractivity contribution in [2.24, 2.45) is 16.6 Å². The Labute approximate surface area is 197 Å². The molecule has 1 fully saturated rings. The van der Waals surface area contributed by atoms with Gasteiger partial charge in [0.2, 0.25) is 5.91 Å². The van der Waals surface area contributed by atoms with Crippen LogP contribution in [0.3, 0.4) is 0 Å². The van der Waals surface area contributed by atoms with Crippen LogP contribution in [0, 0.1) is 5.92 Å². The third-order valence-corrected chi connectivity index (χ3v) is 4.93. The number of likely N-dealkylation sites (tertiary alicyclic amines) is 1. The van der Waals surface area contributed by atoms with Crippen LogP contribution in [-0.2, 0) is 11.3 Å². The molecule has 1 saturated heterocycles. The lowest BCUT2D eigenvalue weighted by Crippen LogP contribution is -2.43. The van der Waals surface area contributed by atoms with Gasteiger partial charge >= 0.3 is 0 Å². The number of para-hydroxylation sites is 1. The summed E-state index contributed by atoms with van der Waals surface area (Å²) in [5.41, 5.74) is 6.50. The van der Waals surface area contributed by atoms with Crippen LogP contribution in [0.4, 0.5) is 0 Å². The van der Waals surface area contributed by atoms with Crippen molar-refractivity contribution in [1.29, 1.82) is 0 Å². The van der Waals surface area contributed by atoms with Gasteiger partial charge in [-0.2, -0.15) is 0 Å². The van der Waals surface area contributed by atoms with E-state index in [1.807, 2.05) is 24.3 Å². The van der Waals surface area contributed by atoms with Gasteiger partial charge in [-0.25, -0.2) is 4.99 Å². The van der Waals surface area contributed by atoms with Gasteiger partial charge in [-0.1, -0.05) is 30.9 Å². The summed E-state index contributed by atoms with van der Waals surface area (Å²) >= 11 is 0. The molecular weight excluding hydrogens is 493 g/mol. The standard InChI is InChI=1S/C22H35N5O2.HI/c1-3-15-29-20-11-6-5-9-18(20)16-26-22(24-4-2)25-12-8-14-27-13-7-10-19(17-27)21(23)28;/h3,5-6,9,11,19H,1,4,7-8,10,12-17H2,2H3,(H2,23,28)(H2,24,25,26);1H. The lowest BCUT2D eigenvalue weighted by Gasteiger charge is -2.31. The van der Waals surface area contributed by atoms with Crippen LogP contribution in [0.25, 0.3) is 0 Å². The number of nitrogens with one attached hydrogen (secondary N) is 2. The first kappa shape index (κ1) is 26.2. The van der Waals surface area contributed by atoms with Crippen molar-refractivity contribution in [3.8, 4) is 5.75 Å². The molecule has 0 radical (unpaired) electrons. The maximum atomic E-state index is 11.4. The number of carbonyl (C=O) groups excluding carboxylic acids is 1. The largest absolute Gasteiger partial charge is 0.489 e. The molecule has 2 rings (SSSR count). The number of carbonyl (C=O) groups is 1. The van der Waals surface area contributed by atoms with Crippen LogP contribution in [0.2, 0.25) is 0 Å². The van der Waals surface area contributed by atoms with Gasteiger partial charge in [-0.15, -0.1) is 24.0 Å². The normalized spacial score (nSPS) is 17.0. The average molecular weight is 529 g/mol. The third kappa shape index (κ3) is 9.34. The molecule has 168 valence electrons. The summed E-state index contributed by atoms with van der Waals surface area (Å²) in [6.07, 6.45) is 4.67. The lowest BCUT2D eigenvalue weighted by atomic mass is 9.97. The number of benzene rings is 1. The molecule has 1 aliphatic rings. The summed E-state index contributed by atoms with van der Waals surface area (Å²) < 4.78 is 5.70. The highest BCUT2D eigenvalue weighted by Gasteiger charge is 2.23. The summed E-state index contributed by atoms with van der Waals surface area (Å²) in [5, 5.41) is 6.67. The number of piperidine rings is 1. The number of hydrogen-bond donors (Lipinski definition) is 3. The molecule has 1 heterocycles. The van der Waals surface area contributed by atoms with Crippen molar-refractivity contribution in [2.75, 3.05) is 39.3 Å². The Balaban J connectivity index is 0.00000450. The fourth-order valence-corrected chi connectivity index (χ4v) is 3.43. The zero-order chi connectivity index (χ0) is 20.9. The van der Waals surface area contributed by atoms with E-state index in [0.29, 0.717) is 13.2 Å². The van der Waals surface area contributed by atoms with E-state index in [2.05, 4.69) is 34.0 Å². The van der Waals surface area contributed by atoms with E-state index in [4.69, 9.17) is 10.5 Å². The number of nitrogens with zero attached hydrogens (tertiary/aromatic N) is 2. The summed E-state index contributed by atoms with van der Waals surface area (Å²) in [4.78, 5) is 18.4. The zero-order valence-corrected chi connectivity index (χ0v) is 20.3. The second kappa shape index (κ2) is 15.1. The van der Waals surface area contributed by atoms with Crippen LogP contribution in [-0.4, -0.2) is 56.1 Å². The highest BCUT2D eigenvalue weighted by atomic mass is 127. The number of guanidine groups is 1. The minimum atomic E-state index is -0.174. The molecular formula is C22H36IN5O2. The van der Waals surface area contributed by atoms with Gasteiger partial charge in [-0.05, 0) is 45.3 Å².